The van der Waals surface area contributed by atoms with E-state index in [0.717, 1.165) is 0 Å². The number of rotatable bonds is 4. The van der Waals surface area contributed by atoms with Crippen molar-refractivity contribution in [1.82, 2.24) is 0 Å². The summed E-state index contributed by atoms with van der Waals surface area (Å²) in [6, 6.07) is 9.28. The van der Waals surface area contributed by atoms with Crippen LogP contribution in [0.2, 0.25) is 0 Å². The van der Waals surface area contributed by atoms with Crippen molar-refractivity contribution >= 4 is 5.78 Å². The fraction of sp³-hybridized carbons (Fsp3) is 0.541. The summed E-state index contributed by atoms with van der Waals surface area (Å²) in [4.78, 5) is 14.5. The topological polar surface area (TPSA) is 17.1 Å². The number of carbonyl (C=O) groups is 1. The zero-order valence-electron chi connectivity index (χ0n) is 26.5. The van der Waals surface area contributed by atoms with Gasteiger partial charge < -0.3 is 0 Å². The van der Waals surface area contributed by atoms with Crippen LogP contribution in [0.5, 0.6) is 0 Å². The summed E-state index contributed by atoms with van der Waals surface area (Å²) in [6.45, 7) is 31.7. The largest absolute Gasteiger partial charge is 0.298 e. The summed E-state index contributed by atoms with van der Waals surface area (Å²) >= 11 is 0. The molecule has 0 saturated carbocycles. The zero-order chi connectivity index (χ0) is 28.7. The number of hydrogen-bond acceptors (Lipinski definition) is 1. The monoisotopic (exact) mass is 510 g/mol. The van der Waals surface area contributed by atoms with E-state index >= 15 is 0 Å². The molecule has 204 valence electrons. The van der Waals surface area contributed by atoms with E-state index in [9.17, 15) is 4.79 Å². The van der Waals surface area contributed by atoms with E-state index in [0.29, 0.717) is 5.78 Å². The molecule has 0 aliphatic heterocycles. The maximum atomic E-state index is 14.5. The van der Waals surface area contributed by atoms with Crippen LogP contribution in [0.1, 0.15) is 139 Å². The van der Waals surface area contributed by atoms with E-state index in [2.05, 4.69) is 133 Å². The first-order valence-corrected chi connectivity index (χ1v) is 14.5. The Morgan fingerprint density at radius 2 is 0.895 bits per heavy atom. The summed E-state index contributed by atoms with van der Waals surface area (Å²) in [7, 11) is 0. The average molecular weight is 511 g/mol. The number of ketones is 1. The lowest BCUT2D eigenvalue weighted by molar-refractivity contribution is -0.121. The van der Waals surface area contributed by atoms with Crippen molar-refractivity contribution in [3.63, 3.8) is 0 Å². The summed E-state index contributed by atoms with van der Waals surface area (Å²) in [6.07, 6.45) is 4.84. The molecule has 38 heavy (non-hydrogen) atoms. The SMILES string of the molecule is CC1=CC(C)(C)c2c(C(C)C(=O)C(C)c3cc(C)cc4c3C(C)(C)C=C(C)C4(C)C)cc(C)cc2C1(C)C. The quantitative estimate of drug-likeness (QED) is 0.374. The number of carbonyl (C=O) groups excluding carboxylic acids is 1. The highest BCUT2D eigenvalue weighted by atomic mass is 16.1. The second-order valence-corrected chi connectivity index (χ2v) is 14.7. The van der Waals surface area contributed by atoms with Gasteiger partial charge in [-0.3, -0.25) is 4.79 Å². The highest BCUT2D eigenvalue weighted by molar-refractivity contribution is 5.92. The van der Waals surface area contributed by atoms with Crippen molar-refractivity contribution in [3.05, 3.63) is 92.1 Å². The molecule has 0 heterocycles. The van der Waals surface area contributed by atoms with Crippen LogP contribution in [0.4, 0.5) is 0 Å². The molecule has 0 spiro atoms. The van der Waals surface area contributed by atoms with Crippen molar-refractivity contribution in [2.45, 2.75) is 130 Å². The molecule has 4 rings (SSSR count). The summed E-state index contributed by atoms with van der Waals surface area (Å²) in [5, 5.41) is 0. The Morgan fingerprint density at radius 1 is 0.579 bits per heavy atom. The molecule has 2 aromatic carbocycles. The third-order valence-electron chi connectivity index (χ3n) is 10.2. The fourth-order valence-electron chi connectivity index (χ4n) is 7.43. The van der Waals surface area contributed by atoms with Gasteiger partial charge in [0.1, 0.15) is 5.78 Å². The van der Waals surface area contributed by atoms with Crippen LogP contribution in [-0.4, -0.2) is 5.78 Å². The van der Waals surface area contributed by atoms with Gasteiger partial charge in [0.15, 0.2) is 0 Å². The predicted octanol–water partition coefficient (Wildman–Crippen LogP) is 9.81. The molecule has 2 unspecified atom stereocenters. The average Bonchev–Trinajstić information content (AvgIpc) is 2.78. The molecule has 0 bridgehead atoms. The zero-order valence-corrected chi connectivity index (χ0v) is 26.5. The van der Waals surface area contributed by atoms with Crippen LogP contribution in [0.3, 0.4) is 0 Å². The van der Waals surface area contributed by atoms with Gasteiger partial charge in [0.2, 0.25) is 0 Å². The minimum absolute atomic E-state index is 0.0462. The molecular weight excluding hydrogens is 460 g/mol. The molecule has 0 saturated heterocycles. The molecule has 0 fully saturated rings. The highest BCUT2D eigenvalue weighted by Gasteiger charge is 2.42. The second-order valence-electron chi connectivity index (χ2n) is 14.7. The van der Waals surface area contributed by atoms with Gasteiger partial charge in [0.25, 0.3) is 0 Å². The van der Waals surface area contributed by atoms with E-state index in [1.54, 1.807) is 0 Å². The standard InChI is InChI=1S/C37H50O/c1-21-15-27(31-29(17-21)36(11,12)23(3)19-34(31,7)8)25(5)33(38)26(6)28-16-22(2)18-30-32(28)35(9,10)20-24(4)37(30,13)14/h15-20,25-26H,1-14H3. The van der Waals surface area contributed by atoms with Crippen LogP contribution < -0.4 is 0 Å². The molecule has 0 amide bonds. The maximum absolute atomic E-state index is 14.5. The predicted molar refractivity (Wildman–Crippen MR) is 164 cm³/mol. The Labute approximate surface area is 232 Å². The van der Waals surface area contributed by atoms with E-state index in [4.69, 9.17) is 0 Å². The first-order chi connectivity index (χ1) is 17.2. The van der Waals surface area contributed by atoms with Gasteiger partial charge in [0, 0.05) is 33.5 Å². The number of aryl methyl sites for hydroxylation is 2. The summed E-state index contributed by atoms with van der Waals surface area (Å²) in [5.74, 6) is -0.0623. The molecule has 2 aliphatic rings. The summed E-state index contributed by atoms with van der Waals surface area (Å²) in [5.41, 5.74) is 12.8. The number of benzene rings is 2. The third-order valence-corrected chi connectivity index (χ3v) is 10.2. The molecule has 0 aromatic heterocycles. The Balaban J connectivity index is 1.88. The van der Waals surface area contributed by atoms with Crippen LogP contribution in [0.25, 0.3) is 0 Å². The number of hydrogen-bond donors (Lipinski definition) is 0. The maximum Gasteiger partial charge on any atom is 0.147 e. The van der Waals surface area contributed by atoms with E-state index in [-0.39, 0.29) is 33.5 Å². The smallest absolute Gasteiger partial charge is 0.147 e. The third kappa shape index (κ3) is 4.25. The molecule has 0 radical (unpaired) electrons. The molecule has 2 aromatic rings. The number of Topliss-reactive ketones (excluding diaryl/α,β-unsaturated/α-hetero) is 1. The second kappa shape index (κ2) is 8.80. The molecule has 2 aliphatic carbocycles. The van der Waals surface area contributed by atoms with Crippen LogP contribution in [0.15, 0.2) is 47.6 Å². The Bertz CT molecular complexity index is 1280. The van der Waals surface area contributed by atoms with Crippen LogP contribution >= 0.6 is 0 Å². The molecule has 0 N–H and O–H groups in total. The van der Waals surface area contributed by atoms with Crippen LogP contribution in [-0.2, 0) is 26.5 Å². The molecule has 2 atom stereocenters. The van der Waals surface area contributed by atoms with Gasteiger partial charge in [-0.25, -0.2) is 0 Å². The Kier molecular flexibility index (Phi) is 6.62. The lowest BCUT2D eigenvalue weighted by atomic mass is 9.60. The van der Waals surface area contributed by atoms with Crippen molar-refractivity contribution < 1.29 is 4.79 Å². The lowest BCUT2D eigenvalue weighted by Crippen LogP contribution is -2.36. The first-order valence-electron chi connectivity index (χ1n) is 14.5. The highest BCUT2D eigenvalue weighted by Crippen LogP contribution is 2.51. The summed E-state index contributed by atoms with van der Waals surface area (Å²) < 4.78 is 0. The van der Waals surface area contributed by atoms with Gasteiger partial charge in [-0.15, -0.1) is 0 Å². The number of fused-ring (bicyclic) bond motifs is 2. The van der Waals surface area contributed by atoms with E-state index < -0.39 is 0 Å². The minimum atomic E-state index is -0.186. The van der Waals surface area contributed by atoms with Crippen molar-refractivity contribution in [2.75, 3.05) is 0 Å². The normalized spacial score (nSPS) is 21.9. The molecule has 1 heteroatoms. The number of allylic oxidation sites excluding steroid dienone is 4. The minimum Gasteiger partial charge on any atom is -0.298 e. The van der Waals surface area contributed by atoms with Crippen LogP contribution in [0, 0.1) is 13.8 Å². The molecule has 1 nitrogen and oxygen atoms in total. The Morgan fingerprint density at radius 3 is 1.21 bits per heavy atom. The van der Waals surface area contributed by atoms with Gasteiger partial charge >= 0.3 is 0 Å². The van der Waals surface area contributed by atoms with Gasteiger partial charge in [-0.1, -0.05) is 128 Å². The first kappa shape index (κ1) is 28.6. The van der Waals surface area contributed by atoms with Crippen molar-refractivity contribution in [3.8, 4) is 0 Å². The molecular formula is C37H50O. The fourth-order valence-corrected chi connectivity index (χ4v) is 7.43. The van der Waals surface area contributed by atoms with E-state index in [1.807, 2.05) is 0 Å². The van der Waals surface area contributed by atoms with Crippen molar-refractivity contribution in [1.29, 1.82) is 0 Å². The van der Waals surface area contributed by atoms with Gasteiger partial charge in [-0.05, 0) is 61.1 Å². The van der Waals surface area contributed by atoms with Gasteiger partial charge in [0.05, 0.1) is 0 Å². The van der Waals surface area contributed by atoms with Crippen molar-refractivity contribution in [2.24, 2.45) is 0 Å². The lowest BCUT2D eigenvalue weighted by Gasteiger charge is -2.43. The van der Waals surface area contributed by atoms with E-state index in [1.165, 1.54) is 55.7 Å². The Hall–Kier alpha value is -2.41. The van der Waals surface area contributed by atoms with Gasteiger partial charge in [-0.2, -0.15) is 0 Å².